The number of furan rings is 1. The topological polar surface area (TPSA) is 59.5 Å². The fraction of sp³-hybridized carbons (Fsp3) is 0.615. The molecular weight excluding hydrogens is 273 g/mol. The van der Waals surface area contributed by atoms with E-state index in [1.165, 1.54) is 0 Å². The van der Waals surface area contributed by atoms with Crippen molar-refractivity contribution in [3.8, 4) is 0 Å². The van der Waals surface area contributed by atoms with E-state index in [0.717, 1.165) is 4.90 Å². The molecule has 7 heteroatoms. The van der Waals surface area contributed by atoms with Crippen LogP contribution in [0.1, 0.15) is 32.3 Å². The molecule has 1 unspecified atom stereocenters. The molecule has 0 aromatic carbocycles. The Balaban J connectivity index is 3.00. The van der Waals surface area contributed by atoms with Crippen LogP contribution in [0, 0.1) is 6.92 Å². The monoisotopic (exact) mass is 292 g/mol. The van der Waals surface area contributed by atoms with Crippen LogP contribution in [0.25, 0.3) is 0 Å². The van der Waals surface area contributed by atoms with Gasteiger partial charge in [0.1, 0.15) is 11.5 Å². The number of amides is 1. The molecule has 1 rings (SSSR count). The summed E-state index contributed by atoms with van der Waals surface area (Å²) < 4.78 is 43.9. The van der Waals surface area contributed by atoms with E-state index in [4.69, 9.17) is 10.2 Å². The van der Waals surface area contributed by atoms with Crippen LogP contribution in [-0.4, -0.2) is 28.6 Å². The minimum absolute atomic E-state index is 0.0484. The molecule has 0 saturated carbocycles. The van der Waals surface area contributed by atoms with Gasteiger partial charge in [-0.25, -0.2) is 0 Å². The normalized spacial score (nSPS) is 15.2. The minimum Gasteiger partial charge on any atom is -0.464 e. The molecule has 114 valence electrons. The highest BCUT2D eigenvalue weighted by Gasteiger charge is 2.55. The summed E-state index contributed by atoms with van der Waals surface area (Å²) in [6, 6.07) is 2.88. The molecule has 2 N–H and O–H groups in total. The molecule has 0 saturated heterocycles. The predicted molar refractivity (Wildman–Crippen MR) is 67.8 cm³/mol. The Hall–Kier alpha value is -1.50. The molecule has 1 aromatic rings. The van der Waals surface area contributed by atoms with E-state index in [-0.39, 0.29) is 6.54 Å². The maximum absolute atomic E-state index is 12.9. The van der Waals surface area contributed by atoms with Gasteiger partial charge < -0.3 is 15.1 Å². The van der Waals surface area contributed by atoms with Gasteiger partial charge >= 0.3 is 6.18 Å². The SMILES string of the molecule is Cc1ccc(CN(C(=O)C(C)(N)C(F)(F)F)C(C)C)o1. The predicted octanol–water partition coefficient (Wildman–Crippen LogP) is 2.60. The molecule has 1 atom stereocenters. The molecule has 0 radical (unpaired) electrons. The highest BCUT2D eigenvalue weighted by atomic mass is 19.4. The average molecular weight is 292 g/mol. The van der Waals surface area contributed by atoms with E-state index < -0.39 is 23.7 Å². The summed E-state index contributed by atoms with van der Waals surface area (Å²) in [5.74, 6) is -0.126. The highest BCUT2D eigenvalue weighted by Crippen LogP contribution is 2.30. The van der Waals surface area contributed by atoms with Gasteiger partial charge in [0.05, 0.1) is 6.54 Å². The Morgan fingerprint density at radius 2 is 1.95 bits per heavy atom. The van der Waals surface area contributed by atoms with Gasteiger partial charge in [0.2, 0.25) is 0 Å². The number of nitrogens with two attached hydrogens (primary N) is 1. The summed E-state index contributed by atoms with van der Waals surface area (Å²) in [4.78, 5) is 13.2. The lowest BCUT2D eigenvalue weighted by Gasteiger charge is -2.34. The minimum atomic E-state index is -4.81. The number of carbonyl (C=O) groups is 1. The summed E-state index contributed by atoms with van der Waals surface area (Å²) >= 11 is 0. The van der Waals surface area contributed by atoms with Crippen molar-refractivity contribution in [3.63, 3.8) is 0 Å². The van der Waals surface area contributed by atoms with Gasteiger partial charge in [-0.2, -0.15) is 13.2 Å². The summed E-state index contributed by atoms with van der Waals surface area (Å²) in [5.41, 5.74) is 2.27. The Morgan fingerprint density at radius 3 is 2.30 bits per heavy atom. The van der Waals surface area contributed by atoms with Crippen molar-refractivity contribution in [2.75, 3.05) is 0 Å². The number of nitrogens with zero attached hydrogens (tertiary/aromatic N) is 1. The second-order valence-corrected chi connectivity index (χ2v) is 5.24. The Labute approximate surface area is 115 Å². The third kappa shape index (κ3) is 3.33. The molecule has 0 aliphatic heterocycles. The van der Waals surface area contributed by atoms with Crippen LogP contribution in [0.3, 0.4) is 0 Å². The molecule has 20 heavy (non-hydrogen) atoms. The molecule has 1 aromatic heterocycles. The number of alkyl halides is 3. The third-order valence-corrected chi connectivity index (χ3v) is 3.04. The first-order valence-corrected chi connectivity index (χ1v) is 6.18. The van der Waals surface area contributed by atoms with Crippen molar-refractivity contribution >= 4 is 5.91 Å². The number of halogens is 3. The number of aryl methyl sites for hydroxylation is 1. The van der Waals surface area contributed by atoms with Crippen LogP contribution in [0.15, 0.2) is 16.5 Å². The van der Waals surface area contributed by atoms with E-state index >= 15 is 0 Å². The van der Waals surface area contributed by atoms with Crippen LogP contribution < -0.4 is 5.73 Å². The van der Waals surface area contributed by atoms with E-state index in [0.29, 0.717) is 18.4 Å². The van der Waals surface area contributed by atoms with Crippen LogP contribution in [0.4, 0.5) is 13.2 Å². The standard InChI is InChI=1S/C13H19F3N2O2/c1-8(2)18(7-10-6-5-9(3)20-10)11(19)12(4,17)13(14,15)16/h5-6,8H,7,17H2,1-4H3. The van der Waals surface area contributed by atoms with Gasteiger partial charge in [-0.15, -0.1) is 0 Å². The van der Waals surface area contributed by atoms with Crippen molar-refractivity contribution in [2.24, 2.45) is 5.73 Å². The van der Waals surface area contributed by atoms with Crippen LogP contribution >= 0.6 is 0 Å². The number of carbonyl (C=O) groups excluding carboxylic acids is 1. The van der Waals surface area contributed by atoms with Crippen LogP contribution in [0.2, 0.25) is 0 Å². The van der Waals surface area contributed by atoms with Crippen molar-refractivity contribution in [1.82, 2.24) is 4.90 Å². The molecule has 1 amide bonds. The molecule has 4 nitrogen and oxygen atoms in total. The second-order valence-electron chi connectivity index (χ2n) is 5.24. The van der Waals surface area contributed by atoms with Crippen LogP contribution in [-0.2, 0) is 11.3 Å². The van der Waals surface area contributed by atoms with Gasteiger partial charge in [-0.1, -0.05) is 0 Å². The van der Waals surface area contributed by atoms with Gasteiger partial charge in [-0.05, 0) is 39.8 Å². The van der Waals surface area contributed by atoms with Gasteiger partial charge in [0, 0.05) is 6.04 Å². The van der Waals surface area contributed by atoms with Crippen LogP contribution in [0.5, 0.6) is 0 Å². The third-order valence-electron chi connectivity index (χ3n) is 3.04. The van der Waals surface area contributed by atoms with Crippen molar-refractivity contribution < 1.29 is 22.4 Å². The summed E-state index contributed by atoms with van der Waals surface area (Å²) in [6.07, 6.45) is -4.81. The quantitative estimate of drug-likeness (QED) is 0.928. The van der Waals surface area contributed by atoms with Gasteiger partial charge in [-0.3, -0.25) is 4.79 Å². The highest BCUT2D eigenvalue weighted by molar-refractivity contribution is 5.86. The molecule has 0 fully saturated rings. The zero-order valence-corrected chi connectivity index (χ0v) is 11.9. The molecular formula is C13H19F3N2O2. The zero-order valence-electron chi connectivity index (χ0n) is 11.9. The number of hydrogen-bond donors (Lipinski definition) is 1. The maximum Gasteiger partial charge on any atom is 0.415 e. The molecule has 1 heterocycles. The summed E-state index contributed by atoms with van der Waals surface area (Å²) in [5, 5.41) is 0. The molecule has 0 aliphatic rings. The van der Waals surface area contributed by atoms with Crippen molar-refractivity contribution in [3.05, 3.63) is 23.7 Å². The second kappa shape index (κ2) is 5.47. The lowest BCUT2D eigenvalue weighted by Crippen LogP contribution is -2.63. The zero-order chi connectivity index (χ0) is 15.7. The number of hydrogen-bond acceptors (Lipinski definition) is 3. The van der Waals surface area contributed by atoms with E-state index in [2.05, 4.69) is 0 Å². The fourth-order valence-corrected chi connectivity index (χ4v) is 1.65. The first-order chi connectivity index (χ1) is 8.96. The smallest absolute Gasteiger partial charge is 0.415 e. The Kier molecular flexibility index (Phi) is 4.53. The lowest BCUT2D eigenvalue weighted by molar-refractivity contribution is -0.195. The molecule has 0 spiro atoms. The summed E-state index contributed by atoms with van der Waals surface area (Å²) in [6.45, 7) is 5.60. The van der Waals surface area contributed by atoms with Gasteiger partial charge in [0.25, 0.3) is 5.91 Å². The van der Waals surface area contributed by atoms with E-state index in [1.807, 2.05) is 0 Å². The fourth-order valence-electron chi connectivity index (χ4n) is 1.65. The van der Waals surface area contributed by atoms with E-state index in [1.54, 1.807) is 32.9 Å². The van der Waals surface area contributed by atoms with Crippen molar-refractivity contribution in [1.29, 1.82) is 0 Å². The van der Waals surface area contributed by atoms with E-state index in [9.17, 15) is 18.0 Å². The van der Waals surface area contributed by atoms with Crippen molar-refractivity contribution in [2.45, 2.75) is 52.0 Å². The Bertz CT molecular complexity index is 478. The Morgan fingerprint density at radius 1 is 1.40 bits per heavy atom. The average Bonchev–Trinajstić information content (AvgIpc) is 2.69. The first-order valence-electron chi connectivity index (χ1n) is 6.18. The largest absolute Gasteiger partial charge is 0.464 e. The van der Waals surface area contributed by atoms with Gasteiger partial charge in [0.15, 0.2) is 5.54 Å². The molecule has 0 bridgehead atoms. The lowest BCUT2D eigenvalue weighted by atomic mass is 10.00. The first kappa shape index (κ1) is 16.6. The summed E-state index contributed by atoms with van der Waals surface area (Å²) in [7, 11) is 0. The maximum atomic E-state index is 12.9. The number of rotatable bonds is 4. The molecule has 0 aliphatic carbocycles.